The third kappa shape index (κ3) is 4.47. The molecule has 2 heterocycles. The highest BCUT2D eigenvalue weighted by Crippen LogP contribution is 2.32. The fourth-order valence-electron chi connectivity index (χ4n) is 3.65. The predicted molar refractivity (Wildman–Crippen MR) is 97.0 cm³/mol. The van der Waals surface area contributed by atoms with Crippen molar-refractivity contribution in [2.75, 3.05) is 26.2 Å². The first-order valence-electron chi connectivity index (χ1n) is 9.31. The highest BCUT2D eigenvalue weighted by molar-refractivity contribution is 5.80. The standard InChI is InChI=1S/C20H22F3N3O2/c21-20(22,23)16-3-1-14(2-4-16)18(13-24)15-5-9-25(10-6-15)19(28)26-11-7-17(27)8-12-26/h1-4,17,27H,5-12H2. The molecular formula is C20H22F3N3O2. The number of carbonyl (C=O) groups excluding carboxylic acids is 1. The van der Waals surface area contributed by atoms with E-state index in [0.717, 1.165) is 17.7 Å². The number of nitrogens with zero attached hydrogens (tertiary/aromatic N) is 3. The lowest BCUT2D eigenvalue weighted by atomic mass is 9.93. The van der Waals surface area contributed by atoms with E-state index in [4.69, 9.17) is 0 Å². The van der Waals surface area contributed by atoms with Crippen molar-refractivity contribution in [1.82, 2.24) is 9.80 Å². The van der Waals surface area contributed by atoms with Gasteiger partial charge in [0.25, 0.3) is 0 Å². The van der Waals surface area contributed by atoms with Crippen molar-refractivity contribution < 1.29 is 23.1 Å². The molecule has 2 fully saturated rings. The molecule has 8 heteroatoms. The second kappa shape index (κ2) is 8.23. The number of benzene rings is 1. The van der Waals surface area contributed by atoms with Crippen LogP contribution in [0.3, 0.4) is 0 Å². The van der Waals surface area contributed by atoms with Crippen molar-refractivity contribution in [3.63, 3.8) is 0 Å². The average Bonchev–Trinajstić information content (AvgIpc) is 2.69. The molecule has 2 aliphatic rings. The molecule has 0 aromatic heterocycles. The molecular weight excluding hydrogens is 371 g/mol. The number of aliphatic hydroxyl groups is 1. The van der Waals surface area contributed by atoms with Crippen molar-refractivity contribution in [2.24, 2.45) is 0 Å². The van der Waals surface area contributed by atoms with Crippen LogP contribution >= 0.6 is 0 Å². The minimum absolute atomic E-state index is 0.0565. The lowest BCUT2D eigenvalue weighted by Gasteiger charge is -2.36. The summed E-state index contributed by atoms with van der Waals surface area (Å²) < 4.78 is 38.2. The third-order valence-corrected chi connectivity index (χ3v) is 5.34. The van der Waals surface area contributed by atoms with Crippen molar-refractivity contribution in [2.45, 2.75) is 38.0 Å². The molecule has 0 radical (unpaired) electrons. The first-order chi connectivity index (χ1) is 13.3. The van der Waals surface area contributed by atoms with Crippen LogP contribution in [-0.4, -0.2) is 53.2 Å². The lowest BCUT2D eigenvalue weighted by molar-refractivity contribution is -0.137. The quantitative estimate of drug-likeness (QED) is 0.741. The molecule has 1 aromatic carbocycles. The summed E-state index contributed by atoms with van der Waals surface area (Å²) in [4.78, 5) is 16.1. The Balaban J connectivity index is 1.67. The van der Waals surface area contributed by atoms with E-state index in [1.54, 1.807) is 9.80 Å². The number of halogens is 3. The Labute approximate surface area is 161 Å². The molecule has 2 amide bonds. The van der Waals surface area contributed by atoms with Gasteiger partial charge in [0.05, 0.1) is 23.3 Å². The number of carbonyl (C=O) groups is 1. The molecule has 1 aromatic rings. The molecule has 0 spiro atoms. The van der Waals surface area contributed by atoms with Gasteiger partial charge in [-0.3, -0.25) is 0 Å². The van der Waals surface area contributed by atoms with Gasteiger partial charge in [-0.2, -0.15) is 18.4 Å². The summed E-state index contributed by atoms with van der Waals surface area (Å²) in [5, 5.41) is 19.1. The zero-order chi connectivity index (χ0) is 20.3. The Hall–Kier alpha value is -2.53. The summed E-state index contributed by atoms with van der Waals surface area (Å²) in [7, 11) is 0. The Kier molecular flexibility index (Phi) is 5.94. The van der Waals surface area contributed by atoms with Crippen LogP contribution in [0.5, 0.6) is 0 Å². The molecule has 0 atom stereocenters. The van der Waals surface area contributed by atoms with E-state index in [1.807, 2.05) is 0 Å². The lowest BCUT2D eigenvalue weighted by Crippen LogP contribution is -2.49. The maximum absolute atomic E-state index is 12.7. The van der Waals surface area contributed by atoms with Crippen LogP contribution in [0.2, 0.25) is 0 Å². The number of piperidine rings is 2. The molecule has 3 rings (SSSR count). The van der Waals surface area contributed by atoms with Gasteiger partial charge in [-0.25, -0.2) is 4.79 Å². The normalized spacial score (nSPS) is 18.8. The molecule has 150 valence electrons. The average molecular weight is 393 g/mol. The number of rotatable bonds is 1. The summed E-state index contributed by atoms with van der Waals surface area (Å²) in [5.74, 6) is 0. The number of aliphatic hydroxyl groups excluding tert-OH is 1. The van der Waals surface area contributed by atoms with Crippen molar-refractivity contribution in [1.29, 1.82) is 5.26 Å². The number of urea groups is 1. The summed E-state index contributed by atoms with van der Waals surface area (Å²) in [5.41, 5.74) is 0.975. The molecule has 1 N–H and O–H groups in total. The zero-order valence-corrected chi connectivity index (χ0v) is 15.4. The van der Waals surface area contributed by atoms with E-state index >= 15 is 0 Å². The van der Waals surface area contributed by atoms with E-state index < -0.39 is 11.7 Å². The maximum atomic E-state index is 12.7. The number of nitriles is 1. The van der Waals surface area contributed by atoms with Gasteiger partial charge in [0.1, 0.15) is 0 Å². The van der Waals surface area contributed by atoms with Gasteiger partial charge >= 0.3 is 12.2 Å². The molecule has 5 nitrogen and oxygen atoms in total. The smallest absolute Gasteiger partial charge is 0.393 e. The number of amides is 2. The highest BCUT2D eigenvalue weighted by Gasteiger charge is 2.31. The van der Waals surface area contributed by atoms with Crippen LogP contribution in [0.4, 0.5) is 18.0 Å². The molecule has 2 aliphatic heterocycles. The Morgan fingerprint density at radius 3 is 2.07 bits per heavy atom. The first-order valence-corrected chi connectivity index (χ1v) is 9.31. The van der Waals surface area contributed by atoms with E-state index in [-0.39, 0.29) is 12.1 Å². The topological polar surface area (TPSA) is 67.6 Å². The van der Waals surface area contributed by atoms with Crippen LogP contribution in [0, 0.1) is 11.3 Å². The van der Waals surface area contributed by atoms with Gasteiger partial charge in [-0.05, 0) is 49.0 Å². The Morgan fingerprint density at radius 1 is 1.04 bits per heavy atom. The summed E-state index contributed by atoms with van der Waals surface area (Å²) in [6.45, 7) is 2.01. The zero-order valence-electron chi connectivity index (χ0n) is 15.4. The van der Waals surface area contributed by atoms with Crippen LogP contribution in [0.1, 0.15) is 36.8 Å². The molecule has 0 saturated carbocycles. The second-order valence-corrected chi connectivity index (χ2v) is 7.15. The van der Waals surface area contributed by atoms with Crippen LogP contribution in [-0.2, 0) is 6.18 Å². The molecule has 2 saturated heterocycles. The number of allylic oxidation sites excluding steroid dienone is 1. The van der Waals surface area contributed by atoms with Gasteiger partial charge in [0.2, 0.25) is 0 Å². The molecule has 0 bridgehead atoms. The summed E-state index contributed by atoms with van der Waals surface area (Å²) in [6, 6.07) is 6.67. The number of hydrogen-bond acceptors (Lipinski definition) is 3. The summed E-state index contributed by atoms with van der Waals surface area (Å²) >= 11 is 0. The van der Waals surface area contributed by atoms with E-state index in [2.05, 4.69) is 6.07 Å². The monoisotopic (exact) mass is 393 g/mol. The van der Waals surface area contributed by atoms with Gasteiger partial charge in [-0.15, -0.1) is 0 Å². The Morgan fingerprint density at radius 2 is 1.57 bits per heavy atom. The van der Waals surface area contributed by atoms with Crippen molar-refractivity contribution in [3.8, 4) is 6.07 Å². The molecule has 28 heavy (non-hydrogen) atoms. The number of alkyl halides is 3. The van der Waals surface area contributed by atoms with E-state index in [1.165, 1.54) is 12.1 Å². The maximum Gasteiger partial charge on any atom is 0.416 e. The number of hydrogen-bond donors (Lipinski definition) is 1. The molecule has 0 aliphatic carbocycles. The van der Waals surface area contributed by atoms with Crippen molar-refractivity contribution >= 4 is 11.6 Å². The number of likely N-dealkylation sites (tertiary alicyclic amines) is 2. The van der Waals surface area contributed by atoms with Gasteiger partial charge in [-0.1, -0.05) is 12.1 Å². The second-order valence-electron chi connectivity index (χ2n) is 7.15. The fraction of sp³-hybridized carbons (Fsp3) is 0.500. The first kappa shape index (κ1) is 20.2. The van der Waals surface area contributed by atoms with Gasteiger partial charge in [0, 0.05) is 26.2 Å². The Bertz CT molecular complexity index is 778. The fourth-order valence-corrected chi connectivity index (χ4v) is 3.65. The van der Waals surface area contributed by atoms with E-state index in [9.17, 15) is 28.3 Å². The molecule has 0 unspecified atom stereocenters. The SMILES string of the molecule is N#CC(=C1CCN(C(=O)N2CCC(O)CC2)CC1)c1ccc(C(F)(F)F)cc1. The minimum atomic E-state index is -4.41. The van der Waals surface area contributed by atoms with Crippen LogP contribution in [0.25, 0.3) is 5.57 Å². The van der Waals surface area contributed by atoms with Crippen LogP contribution in [0.15, 0.2) is 29.8 Å². The highest BCUT2D eigenvalue weighted by atomic mass is 19.4. The van der Waals surface area contributed by atoms with Crippen molar-refractivity contribution in [3.05, 3.63) is 41.0 Å². The van der Waals surface area contributed by atoms with Crippen LogP contribution < -0.4 is 0 Å². The summed E-state index contributed by atoms with van der Waals surface area (Å²) in [6.07, 6.45) is -2.55. The largest absolute Gasteiger partial charge is 0.416 e. The van der Waals surface area contributed by atoms with Gasteiger partial charge in [0.15, 0.2) is 0 Å². The van der Waals surface area contributed by atoms with E-state index in [0.29, 0.717) is 63.0 Å². The minimum Gasteiger partial charge on any atom is -0.393 e. The van der Waals surface area contributed by atoms with Gasteiger partial charge < -0.3 is 14.9 Å². The predicted octanol–water partition coefficient (Wildman–Crippen LogP) is 3.66. The third-order valence-electron chi connectivity index (χ3n) is 5.34.